The molecule has 2 nitrogen and oxygen atoms in total. The van der Waals surface area contributed by atoms with Gasteiger partial charge in [-0.25, -0.2) is 8.78 Å². The van der Waals surface area contributed by atoms with Gasteiger partial charge in [0.05, 0.1) is 12.2 Å². The summed E-state index contributed by atoms with van der Waals surface area (Å²) in [5.74, 6) is -0.227. The maximum absolute atomic E-state index is 13.4. The molecule has 5 heteroatoms. The van der Waals surface area contributed by atoms with Crippen molar-refractivity contribution < 1.29 is 18.3 Å². The highest BCUT2D eigenvalue weighted by Crippen LogP contribution is 2.23. The fraction of sp³-hybridized carbons (Fsp3) is 0.188. The van der Waals surface area contributed by atoms with Gasteiger partial charge in [-0.05, 0) is 31.2 Å². The predicted molar refractivity (Wildman–Crippen MR) is 79.0 cm³/mol. The van der Waals surface area contributed by atoms with Crippen molar-refractivity contribution in [3.63, 3.8) is 0 Å². The maximum Gasteiger partial charge on any atom is 0.163 e. The number of para-hydroxylation sites is 1. The van der Waals surface area contributed by atoms with Gasteiger partial charge in [-0.2, -0.15) is 0 Å². The van der Waals surface area contributed by atoms with Crippen molar-refractivity contribution in [1.29, 1.82) is 0 Å². The van der Waals surface area contributed by atoms with E-state index in [4.69, 9.17) is 4.74 Å². The summed E-state index contributed by atoms with van der Waals surface area (Å²) in [5.41, 5.74) is 0.524. The van der Waals surface area contributed by atoms with Crippen LogP contribution in [0.5, 0.6) is 5.75 Å². The van der Waals surface area contributed by atoms with Crippen molar-refractivity contribution >= 4 is 17.5 Å². The molecule has 110 valence electrons. The van der Waals surface area contributed by atoms with Gasteiger partial charge in [0, 0.05) is 16.7 Å². The summed E-state index contributed by atoms with van der Waals surface area (Å²) < 4.78 is 31.7. The van der Waals surface area contributed by atoms with Crippen molar-refractivity contribution in [2.24, 2.45) is 0 Å². The molecule has 0 bridgehead atoms. The first kappa shape index (κ1) is 15.5. The summed E-state index contributed by atoms with van der Waals surface area (Å²) in [6, 6.07) is 10.5. The first-order valence-electron chi connectivity index (χ1n) is 6.38. The molecule has 0 heterocycles. The molecule has 0 fully saturated rings. The number of halogens is 2. The Morgan fingerprint density at radius 2 is 1.95 bits per heavy atom. The van der Waals surface area contributed by atoms with Gasteiger partial charge < -0.3 is 4.74 Å². The molecule has 0 spiro atoms. The van der Waals surface area contributed by atoms with E-state index in [0.717, 1.165) is 6.07 Å². The number of benzene rings is 2. The van der Waals surface area contributed by atoms with Crippen LogP contribution in [0.1, 0.15) is 17.3 Å². The van der Waals surface area contributed by atoms with E-state index in [1.807, 2.05) is 0 Å². The molecule has 0 aliphatic rings. The largest absolute Gasteiger partial charge is 0.492 e. The Hall–Kier alpha value is -1.88. The monoisotopic (exact) mass is 308 g/mol. The van der Waals surface area contributed by atoms with Crippen molar-refractivity contribution in [2.45, 2.75) is 11.8 Å². The second kappa shape index (κ2) is 7.22. The first-order chi connectivity index (χ1) is 10.1. The summed E-state index contributed by atoms with van der Waals surface area (Å²) in [4.78, 5) is 11.8. The zero-order chi connectivity index (χ0) is 15.2. The van der Waals surface area contributed by atoms with E-state index in [9.17, 15) is 13.6 Å². The number of hydrogen-bond donors (Lipinski definition) is 0. The second-order valence-corrected chi connectivity index (χ2v) is 5.46. The normalized spacial score (nSPS) is 10.4. The van der Waals surface area contributed by atoms with E-state index in [0.29, 0.717) is 28.6 Å². The Bertz CT molecular complexity index is 644. The topological polar surface area (TPSA) is 26.3 Å². The average Bonchev–Trinajstić information content (AvgIpc) is 2.45. The SMILES string of the molecule is CC(=O)c1ccccc1OCCSc1ccc(F)cc1F. The molecular weight excluding hydrogens is 294 g/mol. The summed E-state index contributed by atoms with van der Waals surface area (Å²) >= 11 is 1.24. The van der Waals surface area contributed by atoms with E-state index >= 15 is 0 Å². The van der Waals surface area contributed by atoms with E-state index in [1.165, 1.54) is 30.8 Å². The van der Waals surface area contributed by atoms with Crippen molar-refractivity contribution in [2.75, 3.05) is 12.4 Å². The minimum atomic E-state index is -0.594. The van der Waals surface area contributed by atoms with Crippen molar-refractivity contribution in [3.05, 3.63) is 59.7 Å². The summed E-state index contributed by atoms with van der Waals surface area (Å²) in [7, 11) is 0. The van der Waals surface area contributed by atoms with Crippen LogP contribution in [0.25, 0.3) is 0 Å². The quantitative estimate of drug-likeness (QED) is 0.451. The van der Waals surface area contributed by atoms with Crippen LogP contribution >= 0.6 is 11.8 Å². The number of carbonyl (C=O) groups excluding carboxylic acids is 1. The smallest absolute Gasteiger partial charge is 0.163 e. The van der Waals surface area contributed by atoms with Gasteiger partial charge in [0.15, 0.2) is 5.78 Å². The summed E-state index contributed by atoms with van der Waals surface area (Å²) in [6.07, 6.45) is 0. The number of thioether (sulfide) groups is 1. The molecule has 0 aliphatic carbocycles. The highest BCUT2D eigenvalue weighted by Gasteiger charge is 2.08. The lowest BCUT2D eigenvalue weighted by Gasteiger charge is -2.09. The molecule has 21 heavy (non-hydrogen) atoms. The third kappa shape index (κ3) is 4.29. The van der Waals surface area contributed by atoms with Crippen molar-refractivity contribution in [3.8, 4) is 5.75 Å². The van der Waals surface area contributed by atoms with Crippen LogP contribution in [0.3, 0.4) is 0 Å². The molecule has 2 rings (SSSR count). The van der Waals surface area contributed by atoms with Gasteiger partial charge >= 0.3 is 0 Å². The number of ether oxygens (including phenoxy) is 1. The lowest BCUT2D eigenvalue weighted by molar-refractivity contribution is 0.101. The van der Waals surface area contributed by atoms with Gasteiger partial charge in [0.2, 0.25) is 0 Å². The van der Waals surface area contributed by atoms with Gasteiger partial charge in [-0.15, -0.1) is 11.8 Å². The van der Waals surface area contributed by atoms with Crippen LogP contribution in [0.4, 0.5) is 8.78 Å². The zero-order valence-electron chi connectivity index (χ0n) is 11.4. The molecule has 0 radical (unpaired) electrons. The number of carbonyl (C=O) groups is 1. The molecule has 0 saturated heterocycles. The standard InChI is InChI=1S/C16H14F2O2S/c1-11(19)13-4-2-3-5-15(13)20-8-9-21-16-7-6-12(17)10-14(16)18/h2-7,10H,8-9H2,1H3. The molecular formula is C16H14F2O2S. The van der Waals surface area contributed by atoms with E-state index in [-0.39, 0.29) is 5.78 Å². The Kier molecular flexibility index (Phi) is 5.33. The Labute approximate surface area is 126 Å². The lowest BCUT2D eigenvalue weighted by atomic mass is 10.1. The van der Waals surface area contributed by atoms with Crippen LogP contribution in [-0.4, -0.2) is 18.1 Å². The first-order valence-corrected chi connectivity index (χ1v) is 7.37. The van der Waals surface area contributed by atoms with Gasteiger partial charge in [0.1, 0.15) is 17.4 Å². The van der Waals surface area contributed by atoms with Crippen LogP contribution in [-0.2, 0) is 0 Å². The maximum atomic E-state index is 13.4. The molecule has 0 amide bonds. The van der Waals surface area contributed by atoms with Crippen LogP contribution in [0.15, 0.2) is 47.4 Å². The fourth-order valence-corrected chi connectivity index (χ4v) is 2.53. The lowest BCUT2D eigenvalue weighted by Crippen LogP contribution is -2.04. The second-order valence-electron chi connectivity index (χ2n) is 4.32. The molecule has 0 saturated carbocycles. The van der Waals surface area contributed by atoms with Crippen LogP contribution < -0.4 is 4.74 Å². The third-order valence-corrected chi connectivity index (χ3v) is 3.77. The minimum Gasteiger partial charge on any atom is -0.492 e. The molecule has 2 aromatic carbocycles. The molecule has 0 aromatic heterocycles. The fourth-order valence-electron chi connectivity index (χ4n) is 1.78. The number of ketones is 1. The molecule has 2 aromatic rings. The van der Waals surface area contributed by atoms with Gasteiger partial charge in [-0.3, -0.25) is 4.79 Å². The van der Waals surface area contributed by atoms with E-state index in [1.54, 1.807) is 24.3 Å². The van der Waals surface area contributed by atoms with Crippen molar-refractivity contribution in [1.82, 2.24) is 0 Å². The average molecular weight is 308 g/mol. The number of rotatable bonds is 6. The summed E-state index contributed by atoms with van der Waals surface area (Å²) in [6.45, 7) is 1.80. The third-order valence-electron chi connectivity index (χ3n) is 2.76. The molecule has 0 N–H and O–H groups in total. The van der Waals surface area contributed by atoms with Crippen LogP contribution in [0, 0.1) is 11.6 Å². The molecule has 0 aliphatic heterocycles. The zero-order valence-corrected chi connectivity index (χ0v) is 12.3. The van der Waals surface area contributed by atoms with Gasteiger partial charge in [-0.1, -0.05) is 12.1 Å². The van der Waals surface area contributed by atoms with Crippen LogP contribution in [0.2, 0.25) is 0 Å². The minimum absolute atomic E-state index is 0.0668. The molecule has 0 atom stereocenters. The Morgan fingerprint density at radius 3 is 2.67 bits per heavy atom. The Morgan fingerprint density at radius 1 is 1.19 bits per heavy atom. The van der Waals surface area contributed by atoms with E-state index in [2.05, 4.69) is 0 Å². The number of Topliss-reactive ketones (excluding diaryl/α,β-unsaturated/α-hetero) is 1. The van der Waals surface area contributed by atoms with E-state index < -0.39 is 11.6 Å². The predicted octanol–water partition coefficient (Wildman–Crippen LogP) is 4.34. The number of hydrogen-bond acceptors (Lipinski definition) is 3. The highest BCUT2D eigenvalue weighted by molar-refractivity contribution is 7.99. The Balaban J connectivity index is 1.89. The molecule has 0 unspecified atom stereocenters. The van der Waals surface area contributed by atoms with Gasteiger partial charge in [0.25, 0.3) is 0 Å². The summed E-state index contributed by atoms with van der Waals surface area (Å²) in [5, 5.41) is 0. The highest BCUT2D eigenvalue weighted by atomic mass is 32.2.